The van der Waals surface area contributed by atoms with Crippen molar-refractivity contribution in [2.45, 2.75) is 13.0 Å². The predicted octanol–water partition coefficient (Wildman–Crippen LogP) is 7.09. The number of methoxy groups -OCH3 is 1. The van der Waals surface area contributed by atoms with Gasteiger partial charge in [-0.1, -0.05) is 47.5 Å². The van der Waals surface area contributed by atoms with E-state index < -0.39 is 5.91 Å². The third kappa shape index (κ3) is 6.47. The fourth-order valence-electron chi connectivity index (χ4n) is 3.81. The summed E-state index contributed by atoms with van der Waals surface area (Å²) < 4.78 is 12.0. The van der Waals surface area contributed by atoms with Crippen LogP contribution < -0.4 is 14.8 Å². The minimum atomic E-state index is -0.449. The number of hydrogen-bond donors (Lipinski definition) is 2. The Hall–Kier alpha value is -3.44. The highest BCUT2D eigenvalue weighted by molar-refractivity contribution is 9.10. The van der Waals surface area contributed by atoms with Crippen molar-refractivity contribution in [1.82, 2.24) is 10.3 Å². The molecule has 2 N–H and O–H groups in total. The van der Waals surface area contributed by atoms with Gasteiger partial charge in [0.25, 0.3) is 5.91 Å². The first kappa shape index (κ1) is 26.6. The fourth-order valence-corrected chi connectivity index (χ4v) is 4.85. The van der Waals surface area contributed by atoms with E-state index >= 15 is 0 Å². The van der Waals surface area contributed by atoms with Gasteiger partial charge < -0.3 is 19.8 Å². The number of rotatable bonds is 9. The number of carbonyl (C=O) groups excluding carboxylic acids is 1. The Morgan fingerprint density at radius 3 is 2.73 bits per heavy atom. The summed E-state index contributed by atoms with van der Waals surface area (Å²) in [6, 6.07) is 18.6. The van der Waals surface area contributed by atoms with Crippen molar-refractivity contribution in [1.29, 1.82) is 5.26 Å². The quantitative estimate of drug-likeness (QED) is 0.159. The molecule has 0 spiro atoms. The van der Waals surface area contributed by atoms with Crippen LogP contribution in [0.5, 0.6) is 11.5 Å². The standard InChI is InChI=1S/C28H22BrCl2N3O3/c1-36-26-12-17(11-23(29)27(26)37-16-19-6-7-21(30)13-24(19)31)10-20(14-32)28(35)33-9-8-18-15-34-25-5-3-2-4-22(18)25/h2-7,10-13,15,34H,8-9,16H2,1H3,(H,33,35)/b20-10-. The van der Waals surface area contributed by atoms with Crippen LogP contribution in [0.1, 0.15) is 16.7 Å². The van der Waals surface area contributed by atoms with Crippen molar-refractivity contribution >= 4 is 62.0 Å². The van der Waals surface area contributed by atoms with Gasteiger partial charge in [0.15, 0.2) is 11.5 Å². The number of amides is 1. The van der Waals surface area contributed by atoms with Gasteiger partial charge in [0.1, 0.15) is 18.2 Å². The lowest BCUT2D eigenvalue weighted by molar-refractivity contribution is -0.117. The Bertz CT molecular complexity index is 1530. The molecule has 0 radical (unpaired) electrons. The highest BCUT2D eigenvalue weighted by atomic mass is 79.9. The van der Waals surface area contributed by atoms with Crippen LogP contribution in [-0.2, 0) is 17.8 Å². The highest BCUT2D eigenvalue weighted by Crippen LogP contribution is 2.38. The van der Waals surface area contributed by atoms with E-state index in [4.69, 9.17) is 32.7 Å². The normalized spacial score (nSPS) is 11.3. The van der Waals surface area contributed by atoms with E-state index in [2.05, 4.69) is 26.2 Å². The van der Waals surface area contributed by atoms with E-state index in [9.17, 15) is 10.1 Å². The molecule has 1 heterocycles. The number of aromatic amines is 1. The molecule has 4 rings (SSSR count). The Kier molecular flexibility index (Phi) is 8.78. The number of para-hydroxylation sites is 1. The molecule has 6 nitrogen and oxygen atoms in total. The zero-order valence-corrected chi connectivity index (χ0v) is 22.9. The summed E-state index contributed by atoms with van der Waals surface area (Å²) in [5.41, 5.74) is 3.49. The molecule has 0 aliphatic carbocycles. The molecule has 9 heteroatoms. The number of H-pyrrole nitrogens is 1. The van der Waals surface area contributed by atoms with Crippen LogP contribution in [0.25, 0.3) is 17.0 Å². The predicted molar refractivity (Wildman–Crippen MR) is 150 cm³/mol. The van der Waals surface area contributed by atoms with E-state index in [0.717, 1.165) is 22.0 Å². The molecule has 0 saturated carbocycles. The molecule has 1 aromatic heterocycles. The lowest BCUT2D eigenvalue weighted by Crippen LogP contribution is -2.26. The summed E-state index contributed by atoms with van der Waals surface area (Å²) in [6.45, 7) is 0.592. The molecule has 1 amide bonds. The second-order valence-corrected chi connectivity index (χ2v) is 9.79. The zero-order chi connectivity index (χ0) is 26.4. The summed E-state index contributed by atoms with van der Waals surface area (Å²) in [6.07, 6.45) is 4.08. The molecule has 0 aliphatic rings. The summed E-state index contributed by atoms with van der Waals surface area (Å²) in [5, 5.41) is 14.6. The molecule has 0 unspecified atom stereocenters. The molecule has 0 fully saturated rings. The average molecular weight is 599 g/mol. The summed E-state index contributed by atoms with van der Waals surface area (Å²) in [7, 11) is 1.51. The Balaban J connectivity index is 1.44. The molecular formula is C28H22BrCl2N3O3. The lowest BCUT2D eigenvalue weighted by atomic mass is 10.1. The lowest BCUT2D eigenvalue weighted by Gasteiger charge is -2.14. The van der Waals surface area contributed by atoms with Crippen LogP contribution in [0.15, 0.2) is 70.8 Å². The van der Waals surface area contributed by atoms with Gasteiger partial charge in [-0.2, -0.15) is 5.26 Å². The third-order valence-electron chi connectivity index (χ3n) is 5.67. The largest absolute Gasteiger partial charge is 0.493 e. The van der Waals surface area contributed by atoms with Crippen molar-refractivity contribution in [2.75, 3.05) is 13.7 Å². The number of carbonyl (C=O) groups is 1. The maximum atomic E-state index is 12.7. The summed E-state index contributed by atoms with van der Waals surface area (Å²) >= 11 is 15.7. The monoisotopic (exact) mass is 597 g/mol. The minimum Gasteiger partial charge on any atom is -0.493 e. The number of nitriles is 1. The summed E-state index contributed by atoms with van der Waals surface area (Å²) in [5.74, 6) is 0.449. The van der Waals surface area contributed by atoms with Crippen LogP contribution in [0.2, 0.25) is 10.0 Å². The average Bonchev–Trinajstić information content (AvgIpc) is 3.30. The Labute approximate surface area is 232 Å². The SMILES string of the molecule is COc1cc(/C=C(/C#N)C(=O)NCCc2c[nH]c3ccccc23)cc(Br)c1OCc1ccc(Cl)cc1Cl. The second kappa shape index (κ2) is 12.2. The van der Waals surface area contributed by atoms with Gasteiger partial charge in [0.2, 0.25) is 0 Å². The molecule has 3 aromatic carbocycles. The van der Waals surface area contributed by atoms with E-state index in [1.165, 1.54) is 13.2 Å². The first-order valence-corrected chi connectivity index (χ1v) is 12.8. The van der Waals surface area contributed by atoms with Gasteiger partial charge in [-0.25, -0.2) is 0 Å². The Morgan fingerprint density at radius 1 is 1.16 bits per heavy atom. The molecule has 0 aliphatic heterocycles. The van der Waals surface area contributed by atoms with Gasteiger partial charge in [-0.05, 0) is 69.9 Å². The number of benzene rings is 3. The maximum absolute atomic E-state index is 12.7. The maximum Gasteiger partial charge on any atom is 0.261 e. The second-order valence-electron chi connectivity index (χ2n) is 8.09. The fraction of sp³-hybridized carbons (Fsp3) is 0.143. The molecule has 188 valence electrons. The number of hydrogen-bond acceptors (Lipinski definition) is 4. The number of aromatic nitrogens is 1. The van der Waals surface area contributed by atoms with Gasteiger partial charge in [0.05, 0.1) is 11.6 Å². The molecule has 0 saturated heterocycles. The zero-order valence-electron chi connectivity index (χ0n) is 19.8. The van der Waals surface area contributed by atoms with Gasteiger partial charge >= 0.3 is 0 Å². The van der Waals surface area contributed by atoms with Crippen LogP contribution >= 0.6 is 39.1 Å². The number of nitrogens with one attached hydrogen (secondary N) is 2. The van der Waals surface area contributed by atoms with E-state index in [1.807, 2.05) is 36.5 Å². The van der Waals surface area contributed by atoms with Crippen molar-refractivity contribution in [2.24, 2.45) is 0 Å². The van der Waals surface area contributed by atoms with Crippen molar-refractivity contribution in [3.8, 4) is 17.6 Å². The van der Waals surface area contributed by atoms with Crippen LogP contribution in [0.3, 0.4) is 0 Å². The molecule has 0 atom stereocenters. The van der Waals surface area contributed by atoms with Gasteiger partial charge in [-0.15, -0.1) is 0 Å². The summed E-state index contributed by atoms with van der Waals surface area (Å²) in [4.78, 5) is 15.9. The smallest absolute Gasteiger partial charge is 0.261 e. The van der Waals surface area contributed by atoms with Crippen LogP contribution in [-0.4, -0.2) is 24.5 Å². The molecule has 0 bridgehead atoms. The van der Waals surface area contributed by atoms with Gasteiger partial charge in [-0.3, -0.25) is 4.79 Å². The third-order valence-corrected chi connectivity index (χ3v) is 6.85. The van der Waals surface area contributed by atoms with Crippen LogP contribution in [0, 0.1) is 11.3 Å². The highest BCUT2D eigenvalue weighted by Gasteiger charge is 2.15. The first-order valence-electron chi connectivity index (χ1n) is 11.3. The van der Waals surface area contributed by atoms with Crippen LogP contribution in [0.4, 0.5) is 0 Å². The minimum absolute atomic E-state index is 0.0190. The molecule has 37 heavy (non-hydrogen) atoms. The number of fused-ring (bicyclic) bond motifs is 1. The van der Waals surface area contributed by atoms with E-state index in [-0.39, 0.29) is 12.2 Å². The molecular weight excluding hydrogens is 577 g/mol. The number of ether oxygens (including phenoxy) is 2. The van der Waals surface area contributed by atoms with E-state index in [1.54, 1.807) is 30.3 Å². The first-order chi connectivity index (χ1) is 17.9. The van der Waals surface area contributed by atoms with E-state index in [0.29, 0.717) is 44.5 Å². The topological polar surface area (TPSA) is 87.1 Å². The van der Waals surface area contributed by atoms with Crippen molar-refractivity contribution < 1.29 is 14.3 Å². The Morgan fingerprint density at radius 2 is 1.97 bits per heavy atom. The van der Waals surface area contributed by atoms with Crippen molar-refractivity contribution in [3.05, 3.63) is 97.6 Å². The van der Waals surface area contributed by atoms with Crippen molar-refractivity contribution in [3.63, 3.8) is 0 Å². The number of nitrogens with zero attached hydrogens (tertiary/aromatic N) is 1. The van der Waals surface area contributed by atoms with Gasteiger partial charge in [0, 0.05) is 39.3 Å². The number of halogens is 3. The molecule has 4 aromatic rings.